The van der Waals surface area contributed by atoms with Gasteiger partial charge < -0.3 is 64.3 Å². The lowest BCUT2D eigenvalue weighted by molar-refractivity contribution is -0.123. The average molecular weight is 1530 g/mol. The van der Waals surface area contributed by atoms with Crippen LogP contribution >= 0.6 is 0 Å². The van der Waals surface area contributed by atoms with Crippen molar-refractivity contribution in [3.63, 3.8) is 0 Å². The van der Waals surface area contributed by atoms with Gasteiger partial charge in [0.2, 0.25) is 0 Å². The second-order valence-electron chi connectivity index (χ2n) is 25.9. The molecule has 1 amide bonds. The number of carbonyl (C=O) groups excluding carboxylic acids is 1. The van der Waals surface area contributed by atoms with Gasteiger partial charge in [-0.25, -0.2) is 12.4 Å². The zero-order chi connectivity index (χ0) is 77.6. The number of aromatic nitrogens is 6. The van der Waals surface area contributed by atoms with E-state index in [1.807, 2.05) is 91.7 Å². The van der Waals surface area contributed by atoms with Crippen LogP contribution in [-0.2, 0) is 61.1 Å². The first-order chi connectivity index (χ1) is 51.8. The lowest BCUT2D eigenvalue weighted by Crippen LogP contribution is -2.29. The first-order valence-electron chi connectivity index (χ1n) is 34.2. The van der Waals surface area contributed by atoms with Gasteiger partial charge in [-0.1, -0.05) is 66.8 Å². The summed E-state index contributed by atoms with van der Waals surface area (Å²) >= 11 is 0. The zero-order valence-corrected chi connectivity index (χ0v) is 62.7. The van der Waals surface area contributed by atoms with E-state index >= 15 is 0 Å². The molecule has 0 atom stereocenters. The molecule has 108 heavy (non-hydrogen) atoms. The van der Waals surface area contributed by atoms with Gasteiger partial charge in [0, 0.05) is 124 Å². The van der Waals surface area contributed by atoms with E-state index in [9.17, 15) is 30.0 Å². The third-order valence-electron chi connectivity index (χ3n) is 18.9. The van der Waals surface area contributed by atoms with Crippen molar-refractivity contribution in [2.75, 3.05) is 118 Å². The summed E-state index contributed by atoms with van der Waals surface area (Å²) < 4.78 is 99.0. The first kappa shape index (κ1) is 79.3. The van der Waals surface area contributed by atoms with E-state index in [0.717, 1.165) is 144 Å². The van der Waals surface area contributed by atoms with E-state index in [1.165, 1.54) is 43.0 Å². The fourth-order valence-electron chi connectivity index (χ4n) is 13.2. The summed E-state index contributed by atoms with van der Waals surface area (Å²) in [5.74, 6) is 0.665. The number of anilines is 2. The topological polar surface area (TPSA) is 361 Å². The van der Waals surface area contributed by atoms with Gasteiger partial charge in [-0.3, -0.25) is 24.0 Å². The van der Waals surface area contributed by atoms with Gasteiger partial charge in [0.1, 0.15) is 18.1 Å². The van der Waals surface area contributed by atoms with E-state index in [-0.39, 0.29) is 53.1 Å². The normalized spacial score (nSPS) is 16.1. The number of carbonyl (C=O) groups is 5. The lowest BCUT2D eigenvalue weighted by Gasteiger charge is -2.27. The highest BCUT2D eigenvalue weighted by Crippen LogP contribution is 2.40. The SMILES string of the molecule is CN1CC=C(c2ccc3c(c2)c(C2=CCN(C)CC2)cn3S(=O)(=O)c2ccc3c(c2)OCCN3C)CC1.CN1CC=C(c2nn(S(=O)(=O)c3ccc4c(c3)OCC(=O)N4)c3ccccc23)CC1.CN1CC=C(c2nn(S(=O)(=O)c3ccc4c(ccn4C)c3)c3ccccc23)CC1.O=CO.O=CO.O=CO.O=CO. The number of aryl methyl sites for hydroxylation is 1. The third kappa shape index (κ3) is 17.4. The number of benzene rings is 6. The van der Waals surface area contributed by atoms with Gasteiger partial charge in [0.25, 0.3) is 61.9 Å². The predicted molar refractivity (Wildman–Crippen MR) is 413 cm³/mol. The maximum Gasteiger partial charge on any atom is 0.290 e. The molecule has 10 aromatic rings. The van der Waals surface area contributed by atoms with Gasteiger partial charge in [-0.15, -0.1) is 0 Å². The molecule has 0 spiro atoms. The fourth-order valence-corrected chi connectivity index (χ4v) is 17.3. The summed E-state index contributed by atoms with van der Waals surface area (Å²) in [6, 6.07) is 37.9. The third-order valence-corrected chi connectivity index (χ3v) is 23.8. The van der Waals surface area contributed by atoms with Crippen molar-refractivity contribution in [2.24, 2.45) is 7.05 Å². The molecule has 10 heterocycles. The van der Waals surface area contributed by atoms with Gasteiger partial charge in [0.05, 0.1) is 60.5 Å². The Kier molecular flexibility index (Phi) is 25.7. The molecule has 6 aliphatic rings. The Bertz CT molecular complexity index is 5480. The van der Waals surface area contributed by atoms with Crippen LogP contribution in [0.1, 0.15) is 48.2 Å². The van der Waals surface area contributed by atoms with Gasteiger partial charge in [-0.05, 0) is 155 Å². The van der Waals surface area contributed by atoms with E-state index in [1.54, 1.807) is 36.4 Å². The van der Waals surface area contributed by atoms with Crippen molar-refractivity contribution >= 4 is 139 Å². The first-order valence-corrected chi connectivity index (χ1v) is 38.5. The van der Waals surface area contributed by atoms with E-state index in [2.05, 4.69) is 105 Å². The summed E-state index contributed by atoms with van der Waals surface area (Å²) in [5, 5.41) is 42.9. The number of para-hydroxylation sites is 2. The molecule has 0 bridgehead atoms. The summed E-state index contributed by atoms with van der Waals surface area (Å²) in [6.07, 6.45) is 16.1. The number of carboxylic acid groups (broad SMARTS) is 4. The molecule has 0 saturated carbocycles. The molecule has 6 aliphatic heterocycles. The highest BCUT2D eigenvalue weighted by Gasteiger charge is 2.31. The van der Waals surface area contributed by atoms with Crippen LogP contribution in [0.25, 0.3) is 65.9 Å². The summed E-state index contributed by atoms with van der Waals surface area (Å²) in [4.78, 5) is 56.6. The van der Waals surface area contributed by atoms with Crippen LogP contribution in [0.2, 0.25) is 0 Å². The van der Waals surface area contributed by atoms with E-state index < -0.39 is 30.1 Å². The number of fused-ring (bicyclic) bond motifs is 6. The van der Waals surface area contributed by atoms with Crippen LogP contribution in [0.4, 0.5) is 11.4 Å². The standard InChI is InChI=1S/C29H34N4O3S.C22H22N4O2S.C21H20N4O4S.4CH2O2/c1-30-12-8-21(9-13-30)23-4-6-27-25(18-23)26(22-10-14-31(2)15-11-22)20-33(27)37(34,35)24-5-7-28-29(19-24)36-17-16-32(28)3;1-24-12-9-16(10-13-24)22-19-5-3-4-6-21(19)26(23-22)29(27,28)18-7-8-20-17(15-18)11-14-25(20)2;1-24-10-8-14(9-11-24)21-16-4-2-3-5-18(16)25(23-21)30(27,28)15-6-7-17-19(12-15)29-13-20(26)22-17;4*2-1-3/h4-8,10,18-20H,9,11-17H2,1-3H3;3-9,11,14-15H,10,12-13H2,1-2H3;2-8,12H,9-11,13H2,1H3,(H,22,26);4*1H,(H,2,3). The Labute approximate surface area is 624 Å². The van der Waals surface area contributed by atoms with Crippen LogP contribution < -0.4 is 19.7 Å². The van der Waals surface area contributed by atoms with Crippen LogP contribution in [0.15, 0.2) is 179 Å². The van der Waals surface area contributed by atoms with Crippen molar-refractivity contribution in [3.8, 4) is 11.5 Å². The second kappa shape index (κ2) is 35.0. The minimum Gasteiger partial charge on any atom is -0.490 e. The van der Waals surface area contributed by atoms with E-state index in [4.69, 9.17) is 49.1 Å². The van der Waals surface area contributed by atoms with Crippen molar-refractivity contribution in [3.05, 3.63) is 187 Å². The number of hydrogen-bond acceptors (Lipinski definition) is 20. The summed E-state index contributed by atoms with van der Waals surface area (Å²) in [6.45, 7) is 7.43. The van der Waals surface area contributed by atoms with Crippen LogP contribution in [0.3, 0.4) is 0 Å². The Balaban J connectivity index is 0.000000162. The van der Waals surface area contributed by atoms with Gasteiger partial charge in [-0.2, -0.15) is 35.2 Å². The average Bonchev–Trinajstić information content (AvgIpc) is 1.58. The second-order valence-corrected chi connectivity index (χ2v) is 31.3. The molecule has 0 fully saturated rings. The molecule has 4 aromatic heterocycles. The minimum absolute atomic E-state index is 0.0505. The zero-order valence-electron chi connectivity index (χ0n) is 60.2. The maximum atomic E-state index is 14.0. The number of hydrogen-bond donors (Lipinski definition) is 5. The predicted octanol–water partition coefficient (Wildman–Crippen LogP) is 8.75. The van der Waals surface area contributed by atoms with Crippen molar-refractivity contribution in [1.29, 1.82) is 0 Å². The largest absolute Gasteiger partial charge is 0.490 e. The monoisotopic (exact) mass is 1530 g/mol. The molecule has 16 rings (SSSR count). The fraction of sp³-hybridized carbons (Fsp3) is 0.276. The van der Waals surface area contributed by atoms with Crippen molar-refractivity contribution < 1.29 is 79.1 Å². The van der Waals surface area contributed by atoms with Gasteiger partial charge in [0.15, 0.2) is 6.61 Å². The molecule has 0 aliphatic carbocycles. The Hall–Kier alpha value is -11.3. The smallest absolute Gasteiger partial charge is 0.290 e. The molecule has 0 unspecified atom stereocenters. The lowest BCUT2D eigenvalue weighted by atomic mass is 9.95. The number of likely N-dealkylation sites (N-methyl/N-ethyl adjacent to an activating group) is 5. The summed E-state index contributed by atoms with van der Waals surface area (Å²) in [7, 11) is 0.698. The highest BCUT2D eigenvalue weighted by molar-refractivity contribution is 7.90. The molecule has 0 radical (unpaired) electrons. The molecule has 29 nitrogen and oxygen atoms in total. The molecule has 0 saturated heterocycles. The number of amides is 1. The molecular formula is C76H84N12O17S3. The van der Waals surface area contributed by atoms with Crippen molar-refractivity contribution in [1.82, 2.24) is 46.5 Å². The Morgan fingerprint density at radius 3 is 1.45 bits per heavy atom. The minimum atomic E-state index is -3.97. The number of nitrogens with one attached hydrogen (secondary N) is 1. The Morgan fingerprint density at radius 2 is 0.926 bits per heavy atom. The van der Waals surface area contributed by atoms with Crippen LogP contribution in [0.5, 0.6) is 11.5 Å². The molecule has 32 heteroatoms. The number of rotatable bonds is 10. The number of nitrogens with zero attached hydrogens (tertiary/aromatic N) is 11. The molecule has 5 N–H and O–H groups in total. The molecule has 6 aromatic carbocycles. The van der Waals surface area contributed by atoms with Crippen LogP contribution in [0, 0.1) is 0 Å². The van der Waals surface area contributed by atoms with E-state index in [0.29, 0.717) is 46.0 Å². The highest BCUT2D eigenvalue weighted by atomic mass is 32.2. The quantitative estimate of drug-likeness (QED) is 0.0798. The van der Waals surface area contributed by atoms with Crippen LogP contribution in [-0.4, -0.2) is 231 Å². The maximum absolute atomic E-state index is 14.0. The Morgan fingerprint density at radius 1 is 0.463 bits per heavy atom. The summed E-state index contributed by atoms with van der Waals surface area (Å²) in [5.41, 5.74) is 12.5. The van der Waals surface area contributed by atoms with Crippen molar-refractivity contribution in [2.45, 2.75) is 40.4 Å². The number of ether oxygens (including phenoxy) is 2. The van der Waals surface area contributed by atoms with Gasteiger partial charge >= 0.3 is 0 Å². The molecule has 568 valence electrons. The molecular weight excluding hydrogens is 1450 g/mol.